The molecule has 0 aliphatic heterocycles. The Labute approximate surface area is 114 Å². The zero-order chi connectivity index (χ0) is 14.0. The molecule has 0 aliphatic carbocycles. The standard InChI is InChI=1S/C15H22N4/c1-11-14(16-10-15(2,3)19(4)5)18-13-9-7-6-8-12(13)17-11/h6-9H,10H2,1-5H3,(H,16,18). The molecule has 0 amide bonds. The largest absolute Gasteiger partial charge is 0.367 e. The molecule has 0 aliphatic rings. The Morgan fingerprint density at radius 1 is 1.11 bits per heavy atom. The van der Waals surface area contributed by atoms with E-state index < -0.39 is 0 Å². The highest BCUT2D eigenvalue weighted by atomic mass is 15.2. The summed E-state index contributed by atoms with van der Waals surface area (Å²) in [6.45, 7) is 7.21. The molecular formula is C15H22N4. The Kier molecular flexibility index (Phi) is 3.71. The average Bonchev–Trinajstić information content (AvgIpc) is 2.36. The normalized spacial score (nSPS) is 12.1. The van der Waals surface area contributed by atoms with Crippen molar-refractivity contribution in [1.82, 2.24) is 14.9 Å². The van der Waals surface area contributed by atoms with E-state index in [2.05, 4.69) is 48.1 Å². The Bertz CT molecular complexity index is 575. The lowest BCUT2D eigenvalue weighted by molar-refractivity contribution is 0.210. The quantitative estimate of drug-likeness (QED) is 0.915. The van der Waals surface area contributed by atoms with Crippen molar-refractivity contribution in [3.8, 4) is 0 Å². The van der Waals surface area contributed by atoms with Gasteiger partial charge in [0.1, 0.15) is 5.82 Å². The van der Waals surface area contributed by atoms with Crippen LogP contribution < -0.4 is 5.32 Å². The van der Waals surface area contributed by atoms with Crippen LogP contribution in [0.2, 0.25) is 0 Å². The first-order valence-electron chi connectivity index (χ1n) is 6.55. The number of anilines is 1. The highest BCUT2D eigenvalue weighted by Crippen LogP contribution is 2.17. The number of fused-ring (bicyclic) bond motifs is 1. The molecule has 1 aromatic carbocycles. The van der Waals surface area contributed by atoms with Gasteiger partial charge in [-0.2, -0.15) is 0 Å². The van der Waals surface area contributed by atoms with Crippen molar-refractivity contribution in [2.45, 2.75) is 26.3 Å². The zero-order valence-electron chi connectivity index (χ0n) is 12.4. The van der Waals surface area contributed by atoms with Gasteiger partial charge in [-0.25, -0.2) is 9.97 Å². The maximum atomic E-state index is 4.65. The molecule has 0 unspecified atom stereocenters. The number of nitrogens with zero attached hydrogens (tertiary/aromatic N) is 3. The summed E-state index contributed by atoms with van der Waals surface area (Å²) in [4.78, 5) is 11.4. The van der Waals surface area contributed by atoms with Crippen molar-refractivity contribution in [1.29, 1.82) is 0 Å². The van der Waals surface area contributed by atoms with E-state index in [4.69, 9.17) is 0 Å². The number of hydrogen-bond acceptors (Lipinski definition) is 4. The first kappa shape index (κ1) is 13.7. The van der Waals surface area contributed by atoms with E-state index in [1.165, 1.54) is 0 Å². The number of benzene rings is 1. The average molecular weight is 258 g/mol. The number of para-hydroxylation sites is 2. The fraction of sp³-hybridized carbons (Fsp3) is 0.467. The highest BCUT2D eigenvalue weighted by Gasteiger charge is 2.20. The van der Waals surface area contributed by atoms with Crippen molar-refractivity contribution in [3.63, 3.8) is 0 Å². The molecule has 0 saturated heterocycles. The van der Waals surface area contributed by atoms with Crippen molar-refractivity contribution in [3.05, 3.63) is 30.0 Å². The maximum absolute atomic E-state index is 4.65. The summed E-state index contributed by atoms with van der Waals surface area (Å²) in [5, 5.41) is 3.41. The van der Waals surface area contributed by atoms with Gasteiger partial charge in [-0.15, -0.1) is 0 Å². The minimum atomic E-state index is 0.0692. The first-order chi connectivity index (χ1) is 8.90. The molecule has 0 fully saturated rings. The Balaban J connectivity index is 2.23. The summed E-state index contributed by atoms with van der Waals surface area (Å²) in [5.41, 5.74) is 2.88. The van der Waals surface area contributed by atoms with Gasteiger partial charge in [-0.3, -0.25) is 0 Å². The number of likely N-dealkylation sites (N-methyl/N-ethyl adjacent to an activating group) is 1. The van der Waals surface area contributed by atoms with Gasteiger partial charge < -0.3 is 10.2 Å². The summed E-state index contributed by atoms with van der Waals surface area (Å²) in [7, 11) is 4.17. The molecule has 0 radical (unpaired) electrons. The number of aryl methyl sites for hydroxylation is 1. The minimum absolute atomic E-state index is 0.0692. The second kappa shape index (κ2) is 5.13. The van der Waals surface area contributed by atoms with Gasteiger partial charge in [-0.05, 0) is 47.0 Å². The number of aromatic nitrogens is 2. The van der Waals surface area contributed by atoms with E-state index in [-0.39, 0.29) is 5.54 Å². The molecule has 1 aromatic heterocycles. The minimum Gasteiger partial charge on any atom is -0.367 e. The third kappa shape index (κ3) is 3.01. The van der Waals surface area contributed by atoms with Gasteiger partial charge >= 0.3 is 0 Å². The van der Waals surface area contributed by atoms with Crippen molar-refractivity contribution >= 4 is 16.9 Å². The van der Waals surface area contributed by atoms with Crippen LogP contribution in [0.4, 0.5) is 5.82 Å². The fourth-order valence-electron chi connectivity index (χ4n) is 1.71. The third-order valence-electron chi connectivity index (χ3n) is 3.64. The molecule has 2 aromatic rings. The molecule has 0 saturated carbocycles. The Morgan fingerprint density at radius 2 is 1.68 bits per heavy atom. The number of rotatable bonds is 4. The van der Waals surface area contributed by atoms with Crippen LogP contribution in [-0.2, 0) is 0 Å². The molecule has 4 nitrogen and oxygen atoms in total. The van der Waals surface area contributed by atoms with E-state index in [0.717, 1.165) is 29.1 Å². The molecule has 0 spiro atoms. The van der Waals surface area contributed by atoms with E-state index >= 15 is 0 Å². The van der Waals surface area contributed by atoms with Gasteiger partial charge in [0.15, 0.2) is 0 Å². The summed E-state index contributed by atoms with van der Waals surface area (Å²) in [6.07, 6.45) is 0. The number of nitrogens with one attached hydrogen (secondary N) is 1. The maximum Gasteiger partial charge on any atom is 0.148 e. The Hall–Kier alpha value is -1.68. The van der Waals surface area contributed by atoms with E-state index in [1.54, 1.807) is 0 Å². The van der Waals surface area contributed by atoms with Gasteiger partial charge in [0.05, 0.1) is 16.7 Å². The SMILES string of the molecule is Cc1nc2ccccc2nc1NCC(C)(C)N(C)C. The van der Waals surface area contributed by atoms with Crippen molar-refractivity contribution in [2.24, 2.45) is 0 Å². The van der Waals surface area contributed by atoms with Crippen molar-refractivity contribution < 1.29 is 0 Å². The lowest BCUT2D eigenvalue weighted by Gasteiger charge is -2.33. The zero-order valence-corrected chi connectivity index (χ0v) is 12.4. The molecule has 102 valence electrons. The Morgan fingerprint density at radius 3 is 2.26 bits per heavy atom. The summed E-state index contributed by atoms with van der Waals surface area (Å²) >= 11 is 0. The summed E-state index contributed by atoms with van der Waals surface area (Å²) < 4.78 is 0. The van der Waals surface area contributed by atoms with Crippen LogP contribution in [0.25, 0.3) is 11.0 Å². The molecule has 19 heavy (non-hydrogen) atoms. The number of hydrogen-bond donors (Lipinski definition) is 1. The van der Waals surface area contributed by atoms with E-state index in [1.807, 2.05) is 31.2 Å². The van der Waals surface area contributed by atoms with Crippen LogP contribution in [0.5, 0.6) is 0 Å². The molecule has 0 atom stereocenters. The molecule has 1 heterocycles. The summed E-state index contributed by atoms with van der Waals surface area (Å²) in [5.74, 6) is 0.869. The monoisotopic (exact) mass is 258 g/mol. The molecule has 4 heteroatoms. The van der Waals surface area contributed by atoms with Crippen LogP contribution in [0, 0.1) is 6.92 Å². The predicted molar refractivity (Wildman–Crippen MR) is 80.5 cm³/mol. The van der Waals surface area contributed by atoms with Gasteiger partial charge in [0.25, 0.3) is 0 Å². The fourth-order valence-corrected chi connectivity index (χ4v) is 1.71. The van der Waals surface area contributed by atoms with Gasteiger partial charge in [-0.1, -0.05) is 12.1 Å². The van der Waals surface area contributed by atoms with E-state index in [9.17, 15) is 0 Å². The van der Waals surface area contributed by atoms with Gasteiger partial charge in [0, 0.05) is 12.1 Å². The van der Waals surface area contributed by atoms with Crippen LogP contribution >= 0.6 is 0 Å². The molecular weight excluding hydrogens is 236 g/mol. The van der Waals surface area contributed by atoms with Crippen LogP contribution in [0.15, 0.2) is 24.3 Å². The van der Waals surface area contributed by atoms with Gasteiger partial charge in [0.2, 0.25) is 0 Å². The highest BCUT2D eigenvalue weighted by molar-refractivity contribution is 5.76. The van der Waals surface area contributed by atoms with Crippen LogP contribution in [0.1, 0.15) is 19.5 Å². The summed E-state index contributed by atoms with van der Waals surface area (Å²) in [6, 6.07) is 7.95. The molecule has 0 bridgehead atoms. The lowest BCUT2D eigenvalue weighted by atomic mass is 10.0. The third-order valence-corrected chi connectivity index (χ3v) is 3.64. The smallest absolute Gasteiger partial charge is 0.148 e. The second-order valence-corrected chi connectivity index (χ2v) is 5.71. The van der Waals surface area contributed by atoms with Crippen LogP contribution in [-0.4, -0.2) is 41.0 Å². The predicted octanol–water partition coefficient (Wildman–Crippen LogP) is 2.69. The first-order valence-corrected chi connectivity index (χ1v) is 6.55. The van der Waals surface area contributed by atoms with Crippen molar-refractivity contribution in [2.75, 3.05) is 26.0 Å². The second-order valence-electron chi connectivity index (χ2n) is 5.71. The lowest BCUT2D eigenvalue weighted by Crippen LogP contribution is -2.44. The molecule has 1 N–H and O–H groups in total. The molecule has 2 rings (SSSR count). The van der Waals surface area contributed by atoms with E-state index in [0.29, 0.717) is 0 Å². The van der Waals surface area contributed by atoms with Crippen LogP contribution in [0.3, 0.4) is 0 Å². The topological polar surface area (TPSA) is 41.1 Å².